The fourth-order valence-electron chi connectivity index (χ4n) is 14.9. The van der Waals surface area contributed by atoms with E-state index in [2.05, 4.69) is 31.9 Å². The lowest BCUT2D eigenvalue weighted by molar-refractivity contribution is -0.386. The quantitative estimate of drug-likeness (QED) is 0.0280. The molecule has 8 rings (SSSR count). The predicted octanol–water partition coefficient (Wildman–Crippen LogP) is -20.1. The summed E-state index contributed by atoms with van der Waals surface area (Å²) in [5.41, 5.74) is 0. The highest BCUT2D eigenvalue weighted by atomic mass is 16.8. The van der Waals surface area contributed by atoms with E-state index < -0.39 is 371 Å². The molecule has 52 nitrogen and oxygen atoms in total. The fourth-order valence-corrected chi connectivity index (χ4v) is 14.9. The number of aliphatic hydroxyl groups excluding tert-OH is 24. The number of nitrogens with one attached hydrogen (secondary N) is 6. The first-order valence-corrected chi connectivity index (χ1v) is 37.5. The van der Waals surface area contributed by atoms with E-state index in [1.807, 2.05) is 0 Å². The maximum absolute atomic E-state index is 13.2. The van der Waals surface area contributed by atoms with Crippen molar-refractivity contribution in [3.8, 4) is 0 Å². The van der Waals surface area contributed by atoms with Crippen LogP contribution in [0.25, 0.3) is 0 Å². The van der Waals surface area contributed by atoms with Gasteiger partial charge >= 0.3 is 0 Å². The van der Waals surface area contributed by atoms with Gasteiger partial charge in [0.15, 0.2) is 50.3 Å². The molecule has 30 N–H and O–H groups in total. The molecule has 0 aromatic heterocycles. The van der Waals surface area contributed by atoms with Crippen LogP contribution in [0.2, 0.25) is 0 Å². The van der Waals surface area contributed by atoms with Crippen molar-refractivity contribution in [1.29, 1.82) is 0 Å². The number of ether oxygens (including phenoxy) is 16. The standard InChI is InChI=1S/C66H112N6O46/c1-17(82)67-23(7-73)52(38(89)24(88)8-74)112-62-36(71-21(5)86)47(98)55(30(14-80)109-62)115-66-51(102)58(118-63-37(72-22(6)87)48(99)54(31(15-81)110-63)114-65-50(101)57(42(93)28(12-78)107-65)117-61-34(69-19(3)84)45(96)40(91)26(10-76)105-61)43(94)32(111-66)16-103-59-35(70-20(4)85)46(97)53(29(13-79)108-59)113-64-49(100)56(41(92)27(11-77)106-64)116-60-33(68-18(2)83)44(95)39(90)25(9-75)104-60/h23-66,73-81,88-102H,7-16H2,1-6H3,(H,67,82)(H,68,83)(H,69,84)(H,70,85)(H,71,86)(H,72,87)/t23-,24+,25+,26+,27+,28+,29+,30+,31+,32+,33+,34+,35+,36+,37+,38-,39-,40-,41-,42-,43-,44+,45+,46+,47+,48+,49+,50+,51+,52+,53+,54+,55+,56-,57-,58-,59+,60+,61+,62-,63-,64-,65-,66-/m0/s1. The fraction of sp³-hybridized carbons (Fsp3) is 0.909. The van der Waals surface area contributed by atoms with Crippen molar-refractivity contribution in [3.05, 3.63) is 0 Å². The van der Waals surface area contributed by atoms with Gasteiger partial charge in [0.2, 0.25) is 35.4 Å². The molecule has 682 valence electrons. The molecule has 0 aromatic rings. The average molecular weight is 1730 g/mol. The molecule has 8 heterocycles. The highest BCUT2D eigenvalue weighted by molar-refractivity contribution is 5.75. The summed E-state index contributed by atoms with van der Waals surface area (Å²) in [5.74, 6) is -5.39. The smallest absolute Gasteiger partial charge is 0.217 e. The van der Waals surface area contributed by atoms with Crippen molar-refractivity contribution in [2.45, 2.75) is 311 Å². The monoisotopic (exact) mass is 1720 g/mol. The largest absolute Gasteiger partial charge is 0.394 e. The van der Waals surface area contributed by atoms with Gasteiger partial charge in [-0.15, -0.1) is 0 Å². The predicted molar refractivity (Wildman–Crippen MR) is 369 cm³/mol. The van der Waals surface area contributed by atoms with Crippen molar-refractivity contribution in [1.82, 2.24) is 31.9 Å². The minimum absolute atomic E-state index is 0.805. The zero-order valence-corrected chi connectivity index (χ0v) is 64.2. The van der Waals surface area contributed by atoms with Crippen molar-refractivity contribution in [2.24, 2.45) is 0 Å². The van der Waals surface area contributed by atoms with Gasteiger partial charge in [0.1, 0.15) is 213 Å². The molecule has 0 saturated carbocycles. The first-order valence-electron chi connectivity index (χ1n) is 37.5. The van der Waals surface area contributed by atoms with E-state index >= 15 is 0 Å². The van der Waals surface area contributed by atoms with Gasteiger partial charge in [-0.05, 0) is 0 Å². The molecule has 0 radical (unpaired) electrons. The molecule has 0 spiro atoms. The Morgan fingerprint density at radius 2 is 0.551 bits per heavy atom. The molecule has 8 fully saturated rings. The molecule has 44 atom stereocenters. The summed E-state index contributed by atoms with van der Waals surface area (Å²) in [6, 6.07) is -10.9. The molecule has 6 amide bonds. The third-order valence-corrected chi connectivity index (χ3v) is 20.8. The van der Waals surface area contributed by atoms with E-state index in [0.29, 0.717) is 0 Å². The normalized spacial score (nSPS) is 44.1. The maximum Gasteiger partial charge on any atom is 0.217 e. The summed E-state index contributed by atoms with van der Waals surface area (Å²) in [7, 11) is 0. The van der Waals surface area contributed by atoms with Gasteiger partial charge in [0.05, 0.1) is 72.1 Å². The summed E-state index contributed by atoms with van der Waals surface area (Å²) < 4.78 is 95.3. The molecule has 8 aliphatic heterocycles. The van der Waals surface area contributed by atoms with E-state index in [0.717, 1.165) is 41.5 Å². The molecule has 0 bridgehead atoms. The molecule has 8 saturated heterocycles. The number of carbonyl (C=O) groups is 6. The van der Waals surface area contributed by atoms with E-state index in [-0.39, 0.29) is 0 Å². The van der Waals surface area contributed by atoms with Crippen molar-refractivity contribution in [2.75, 3.05) is 66.1 Å². The molecule has 118 heavy (non-hydrogen) atoms. The third-order valence-electron chi connectivity index (χ3n) is 20.8. The summed E-state index contributed by atoms with van der Waals surface area (Å²) >= 11 is 0. The first kappa shape index (κ1) is 98.7. The van der Waals surface area contributed by atoms with Crippen LogP contribution in [-0.2, 0) is 105 Å². The SMILES string of the molecule is CC(=O)N[C@H]1[C@H](OC[C@H]2O[C@@H](O[C@H]3[C@H](O)[C@@H](NC(C)=O)[C@H](O[C@@H]([C@@H](O)[C@H](O)CO)[C@H](CO)NC(C)=O)O[C@@H]3CO)[C@H](O)[C@@H](O[C@@H]3O[C@H](CO)[C@@H](O[C@@H]4O[C@H](CO)[C@H](O)[C@H](O[C@H]5O[C@H](CO)[C@H](O)[C@H](O)[C@H]5NC(C)=O)[C@H]4O)[C@H](O)[C@H]3NC(C)=O)[C@H]2O)O[C@H](CO)[C@@H](O[C@@H]2O[C@H](CO)[C@H](O)[C@H](O[C@H]3O[C@H](CO)[C@H](O)[C@H](O)[C@H]3NC(C)=O)[C@H]2O)[C@@H]1O. The van der Waals surface area contributed by atoms with E-state index in [1.165, 1.54) is 0 Å². The Morgan fingerprint density at radius 3 is 0.864 bits per heavy atom. The van der Waals surface area contributed by atoms with Gasteiger partial charge in [-0.1, -0.05) is 0 Å². The van der Waals surface area contributed by atoms with Crippen LogP contribution in [0.4, 0.5) is 0 Å². The van der Waals surface area contributed by atoms with Crippen molar-refractivity contribution < 1.29 is 227 Å². The zero-order valence-electron chi connectivity index (χ0n) is 64.2. The number of carbonyl (C=O) groups excluding carboxylic acids is 6. The topological polar surface area (TPSA) is 808 Å². The Kier molecular flexibility index (Phi) is 37.0. The molecular formula is C66H112N6O46. The first-order chi connectivity index (χ1) is 55.8. The van der Waals surface area contributed by atoms with Crippen LogP contribution >= 0.6 is 0 Å². The average Bonchev–Trinajstić information content (AvgIpc) is 0.770. The van der Waals surface area contributed by atoms with E-state index in [9.17, 15) is 151 Å². The van der Waals surface area contributed by atoms with Crippen LogP contribution in [0.1, 0.15) is 41.5 Å². The Bertz CT molecular complexity index is 3180. The number of hydrogen-bond acceptors (Lipinski definition) is 46. The maximum atomic E-state index is 13.2. The molecule has 0 aromatic carbocycles. The number of amides is 6. The van der Waals surface area contributed by atoms with Gasteiger partial charge in [-0.25, -0.2) is 0 Å². The van der Waals surface area contributed by atoms with Crippen LogP contribution in [-0.4, -0.2) is 494 Å². The third kappa shape index (κ3) is 23.0. The van der Waals surface area contributed by atoms with Gasteiger partial charge in [-0.3, -0.25) is 28.8 Å². The molecule has 8 aliphatic rings. The minimum Gasteiger partial charge on any atom is -0.394 e. The second-order valence-electron chi connectivity index (χ2n) is 29.4. The van der Waals surface area contributed by atoms with Gasteiger partial charge in [0, 0.05) is 41.5 Å². The van der Waals surface area contributed by atoms with Crippen molar-refractivity contribution >= 4 is 35.4 Å². The van der Waals surface area contributed by atoms with E-state index in [1.54, 1.807) is 0 Å². The van der Waals surface area contributed by atoms with Gasteiger partial charge < -0.3 is 230 Å². The van der Waals surface area contributed by atoms with E-state index in [4.69, 9.17) is 75.8 Å². The highest BCUT2D eigenvalue weighted by Crippen LogP contribution is 2.40. The molecule has 0 aliphatic carbocycles. The highest BCUT2D eigenvalue weighted by Gasteiger charge is 2.61. The lowest BCUT2D eigenvalue weighted by Crippen LogP contribution is -2.71. The Morgan fingerprint density at radius 1 is 0.288 bits per heavy atom. The Balaban J connectivity index is 1.12. The van der Waals surface area contributed by atoms with Crippen LogP contribution in [0.15, 0.2) is 0 Å². The Labute approximate surface area is 670 Å². The summed E-state index contributed by atoms with van der Waals surface area (Å²) in [6.45, 7) is -5.25. The second kappa shape index (κ2) is 44.2. The molecule has 0 unspecified atom stereocenters. The zero-order chi connectivity index (χ0) is 87.5. The lowest BCUT2D eigenvalue weighted by Gasteiger charge is -2.51. The number of aliphatic hydroxyl groups is 24. The molecule has 52 heteroatoms. The Hall–Kier alpha value is -4.78. The molecular weight excluding hydrogens is 1610 g/mol. The van der Waals surface area contributed by atoms with Gasteiger partial charge in [-0.2, -0.15) is 0 Å². The lowest BCUT2D eigenvalue weighted by atomic mass is 9.93. The van der Waals surface area contributed by atoms with Crippen LogP contribution in [0, 0.1) is 0 Å². The van der Waals surface area contributed by atoms with Crippen molar-refractivity contribution in [3.63, 3.8) is 0 Å². The second-order valence-corrected chi connectivity index (χ2v) is 29.4. The van der Waals surface area contributed by atoms with Crippen LogP contribution in [0.3, 0.4) is 0 Å². The summed E-state index contributed by atoms with van der Waals surface area (Å²) in [4.78, 5) is 76.2. The number of rotatable bonds is 35. The summed E-state index contributed by atoms with van der Waals surface area (Å²) in [6.07, 6.45) is -78.7. The van der Waals surface area contributed by atoms with Crippen LogP contribution in [0.5, 0.6) is 0 Å². The summed E-state index contributed by atoms with van der Waals surface area (Å²) in [5, 5.41) is 281. The number of hydrogen-bond donors (Lipinski definition) is 30. The van der Waals surface area contributed by atoms with Gasteiger partial charge in [0.25, 0.3) is 0 Å². The van der Waals surface area contributed by atoms with Crippen LogP contribution < -0.4 is 31.9 Å². The minimum atomic E-state index is -2.54.